The van der Waals surface area contributed by atoms with Crippen LogP contribution in [0.1, 0.15) is 113 Å². The van der Waals surface area contributed by atoms with Crippen LogP contribution in [0.4, 0.5) is 0 Å². The molecule has 6 rings (SSSR count). The van der Waals surface area contributed by atoms with Crippen LogP contribution in [0.15, 0.2) is 118 Å². The summed E-state index contributed by atoms with van der Waals surface area (Å²) in [6.07, 6.45) is 3.84. The molecule has 0 aromatic heterocycles. The van der Waals surface area contributed by atoms with Gasteiger partial charge in [-0.1, -0.05) is 0 Å². The van der Waals surface area contributed by atoms with Gasteiger partial charge in [0.25, 0.3) is 0 Å². The average molecular weight is 684 g/mol. The number of hydrogen-bond acceptors (Lipinski definition) is 0. The van der Waals surface area contributed by atoms with E-state index in [4.69, 9.17) is 0 Å². The van der Waals surface area contributed by atoms with E-state index in [2.05, 4.69) is 172 Å². The first-order chi connectivity index (χ1) is 21.8. The average Bonchev–Trinajstić information content (AvgIpc) is 3.60. The molecule has 0 unspecified atom stereocenters. The zero-order valence-corrected chi connectivity index (χ0v) is 32.2. The molecule has 0 spiro atoms. The predicted molar refractivity (Wildman–Crippen MR) is 197 cm³/mol. The normalized spacial score (nSPS) is 15.0. The van der Waals surface area contributed by atoms with Crippen LogP contribution in [0.5, 0.6) is 0 Å². The summed E-state index contributed by atoms with van der Waals surface area (Å²) in [5.41, 5.74) is 15.1. The van der Waals surface area contributed by atoms with Gasteiger partial charge in [0.2, 0.25) is 0 Å². The van der Waals surface area contributed by atoms with Crippen LogP contribution in [0.3, 0.4) is 0 Å². The maximum absolute atomic E-state index is 2.84. The standard InChI is InChI=1S/C21H25.C13H10.C11H17.Zr/c1-20(2,3)16-7-9-18-14(12-16)11-15-13-17(21(4,5)6)8-10-19(15)18;1-3-7-12(8-4-1)11-13-9-5-2-6-10-13;1-8(2)10-6-5-7-11(10)9(3)4;/h7-13H,1-6H3;1-10H;6,8-9H,7H2,1-4H3;. The molecule has 2 aliphatic carbocycles. The van der Waals surface area contributed by atoms with Crippen LogP contribution in [-0.4, -0.2) is 3.21 Å². The molecule has 1 heteroatoms. The Morgan fingerprint density at radius 3 is 1.43 bits per heavy atom. The summed E-state index contributed by atoms with van der Waals surface area (Å²) < 4.78 is 3.79. The first kappa shape index (κ1) is 33.0. The summed E-state index contributed by atoms with van der Waals surface area (Å²) in [6.45, 7) is 23.8. The van der Waals surface area contributed by atoms with E-state index in [1.807, 2.05) is 0 Å². The van der Waals surface area contributed by atoms with Gasteiger partial charge in [-0.25, -0.2) is 0 Å². The SMILES string of the molecule is CC(C)C1=C(C(C)C)C[C]([Zr](=[C](c2ccccc2)c2ccccc2)[CH]2c3cc(C(C)(C)C)ccc3-c3ccc(C(C)(C)C)cc32)=C1. The number of benzene rings is 4. The first-order valence-corrected chi connectivity index (χ1v) is 21.2. The van der Waals surface area contributed by atoms with Crippen LogP contribution >= 0.6 is 0 Å². The molecule has 4 aromatic carbocycles. The molecule has 0 amide bonds. The Bertz CT molecular complexity index is 1740. The number of rotatable bonds is 6. The van der Waals surface area contributed by atoms with Gasteiger partial charge in [0.15, 0.2) is 0 Å². The molecule has 0 heterocycles. The Balaban J connectivity index is 1.76. The molecular weight excluding hydrogens is 632 g/mol. The monoisotopic (exact) mass is 682 g/mol. The van der Waals surface area contributed by atoms with Gasteiger partial charge < -0.3 is 0 Å². The molecule has 2 aliphatic rings. The summed E-state index contributed by atoms with van der Waals surface area (Å²) in [5.74, 6) is 1.08. The van der Waals surface area contributed by atoms with E-state index in [0.717, 1.165) is 6.42 Å². The summed E-state index contributed by atoms with van der Waals surface area (Å²) >= 11 is -2.84. The minimum atomic E-state index is -2.84. The Kier molecular flexibility index (Phi) is 9.06. The second-order valence-corrected chi connectivity index (χ2v) is 22.5. The van der Waals surface area contributed by atoms with E-state index in [0.29, 0.717) is 15.5 Å². The second kappa shape index (κ2) is 12.6. The van der Waals surface area contributed by atoms with Gasteiger partial charge in [0.1, 0.15) is 0 Å². The summed E-state index contributed by atoms with van der Waals surface area (Å²) in [4.78, 5) is 0. The van der Waals surface area contributed by atoms with E-state index >= 15 is 0 Å². The Labute approximate surface area is 286 Å². The maximum atomic E-state index is 2.71. The third-order valence-corrected chi connectivity index (χ3v) is 18.4. The van der Waals surface area contributed by atoms with E-state index in [9.17, 15) is 0 Å². The second-order valence-electron chi connectivity index (χ2n) is 16.2. The van der Waals surface area contributed by atoms with E-state index in [1.54, 1.807) is 28.8 Å². The van der Waals surface area contributed by atoms with Crippen molar-refractivity contribution in [3.05, 3.63) is 151 Å². The molecule has 0 aliphatic heterocycles. The van der Waals surface area contributed by atoms with Gasteiger partial charge in [-0.2, -0.15) is 0 Å². The third-order valence-electron chi connectivity index (χ3n) is 10.2. The molecule has 0 saturated carbocycles. The fourth-order valence-corrected chi connectivity index (χ4v) is 16.7. The molecule has 0 saturated heterocycles. The summed E-state index contributed by atoms with van der Waals surface area (Å²) in [6, 6.07) is 37.8. The van der Waals surface area contributed by atoms with Crippen LogP contribution in [-0.2, 0) is 32.1 Å². The van der Waals surface area contributed by atoms with Crippen molar-refractivity contribution in [1.82, 2.24) is 0 Å². The Hall–Kier alpha value is -2.89. The predicted octanol–water partition coefficient (Wildman–Crippen LogP) is 12.1. The minimum absolute atomic E-state index is 0.0870. The number of hydrogen-bond donors (Lipinski definition) is 0. The third kappa shape index (κ3) is 6.22. The zero-order valence-electron chi connectivity index (χ0n) is 29.8. The van der Waals surface area contributed by atoms with Gasteiger partial charge >= 0.3 is 288 Å². The molecule has 0 bridgehead atoms. The van der Waals surface area contributed by atoms with Crippen molar-refractivity contribution in [2.24, 2.45) is 11.8 Å². The summed E-state index contributed by atoms with van der Waals surface area (Å²) in [7, 11) is 0. The van der Waals surface area contributed by atoms with Crippen molar-refractivity contribution in [3.63, 3.8) is 0 Å². The van der Waals surface area contributed by atoms with Gasteiger partial charge in [-0.05, 0) is 0 Å². The molecule has 0 atom stereocenters. The van der Waals surface area contributed by atoms with E-state index in [-0.39, 0.29) is 10.8 Å². The molecule has 0 nitrogen and oxygen atoms in total. The fourth-order valence-electron chi connectivity index (χ4n) is 7.57. The first-order valence-electron chi connectivity index (χ1n) is 17.3. The Morgan fingerprint density at radius 1 is 0.609 bits per heavy atom. The molecular formula is C45H52Zr. The van der Waals surface area contributed by atoms with Crippen molar-refractivity contribution >= 4 is 3.21 Å². The van der Waals surface area contributed by atoms with Crippen LogP contribution < -0.4 is 0 Å². The van der Waals surface area contributed by atoms with Crippen LogP contribution in [0, 0.1) is 11.8 Å². The molecule has 4 aromatic rings. The summed E-state index contributed by atoms with van der Waals surface area (Å²) in [5, 5.41) is 0. The molecule has 0 radical (unpaired) electrons. The van der Waals surface area contributed by atoms with Crippen molar-refractivity contribution in [2.75, 3.05) is 0 Å². The number of allylic oxidation sites excluding steroid dienone is 4. The van der Waals surface area contributed by atoms with Crippen molar-refractivity contribution in [1.29, 1.82) is 0 Å². The van der Waals surface area contributed by atoms with Crippen LogP contribution in [0.2, 0.25) is 0 Å². The topological polar surface area (TPSA) is 0 Å². The molecule has 46 heavy (non-hydrogen) atoms. The molecule has 0 N–H and O–H groups in total. The van der Waals surface area contributed by atoms with Crippen LogP contribution in [0.25, 0.3) is 11.1 Å². The Morgan fingerprint density at radius 2 is 1.07 bits per heavy atom. The molecule has 0 fully saturated rings. The van der Waals surface area contributed by atoms with Crippen molar-refractivity contribution < 1.29 is 21.3 Å². The van der Waals surface area contributed by atoms with Gasteiger partial charge in [0.05, 0.1) is 0 Å². The van der Waals surface area contributed by atoms with Crippen molar-refractivity contribution in [2.45, 2.75) is 90.1 Å². The van der Waals surface area contributed by atoms with Crippen molar-refractivity contribution in [3.8, 4) is 11.1 Å². The fraction of sp³-hybridized carbons (Fsp3) is 0.356. The van der Waals surface area contributed by atoms with Gasteiger partial charge in [-0.3, -0.25) is 0 Å². The van der Waals surface area contributed by atoms with E-state index < -0.39 is 21.3 Å². The van der Waals surface area contributed by atoms with Gasteiger partial charge in [0, 0.05) is 0 Å². The quantitative estimate of drug-likeness (QED) is 0.190. The van der Waals surface area contributed by atoms with Gasteiger partial charge in [-0.15, -0.1) is 0 Å². The molecule has 236 valence electrons. The number of fused-ring (bicyclic) bond motifs is 3. The van der Waals surface area contributed by atoms with E-state index in [1.165, 1.54) is 33.4 Å². The zero-order chi connectivity index (χ0) is 33.0.